The highest BCUT2D eigenvalue weighted by Crippen LogP contribution is 2.63. The third-order valence-corrected chi connectivity index (χ3v) is 10.6. The van der Waals surface area contributed by atoms with E-state index in [1.807, 2.05) is 0 Å². The van der Waals surface area contributed by atoms with Crippen LogP contribution in [-0.4, -0.2) is 0 Å². The van der Waals surface area contributed by atoms with Crippen LogP contribution in [0.15, 0.2) is 206 Å². The Morgan fingerprint density at radius 2 is 0.824 bits per heavy atom. The van der Waals surface area contributed by atoms with E-state index in [0.29, 0.717) is 0 Å². The topological polar surface area (TPSA) is 6.48 Å². The fraction of sp³-hybridized carbons (Fsp3) is 0.0204. The van der Waals surface area contributed by atoms with Crippen LogP contribution in [0.5, 0.6) is 0 Å². The summed E-state index contributed by atoms with van der Waals surface area (Å²) in [5, 5.41) is 0. The first kappa shape index (κ1) is 29.3. The summed E-state index contributed by atoms with van der Waals surface area (Å²) < 4.78 is 0. The molecule has 1 heterocycles. The number of rotatable bonds is 5. The fourth-order valence-electron chi connectivity index (χ4n) is 8.57. The maximum absolute atomic E-state index is 2.47. The molecule has 1 aliphatic heterocycles. The second kappa shape index (κ2) is 11.8. The molecule has 8 aromatic rings. The van der Waals surface area contributed by atoms with E-state index in [1.54, 1.807) is 0 Å². The lowest BCUT2D eigenvalue weighted by atomic mass is 9.64. The minimum atomic E-state index is -0.456. The van der Waals surface area contributed by atoms with E-state index >= 15 is 0 Å². The number of fused-ring (bicyclic) bond motifs is 9. The van der Waals surface area contributed by atoms with Gasteiger partial charge in [0.15, 0.2) is 0 Å². The lowest BCUT2D eigenvalue weighted by molar-refractivity contribution is 0.753. The van der Waals surface area contributed by atoms with Crippen molar-refractivity contribution >= 4 is 34.1 Å². The number of benzene rings is 8. The second-order valence-electron chi connectivity index (χ2n) is 13.3. The molecule has 0 unspecified atom stereocenters. The van der Waals surface area contributed by atoms with Gasteiger partial charge in [-0.15, -0.1) is 0 Å². The quantitative estimate of drug-likeness (QED) is 0.183. The fourth-order valence-corrected chi connectivity index (χ4v) is 8.57. The molecule has 0 bridgehead atoms. The zero-order chi connectivity index (χ0) is 33.8. The van der Waals surface area contributed by atoms with Gasteiger partial charge in [0.1, 0.15) is 0 Å². The van der Waals surface area contributed by atoms with Crippen LogP contribution in [0.4, 0.5) is 34.1 Å². The predicted octanol–water partition coefficient (Wildman–Crippen LogP) is 13.0. The summed E-state index contributed by atoms with van der Waals surface area (Å²) in [4.78, 5) is 4.79. The Morgan fingerprint density at radius 3 is 1.47 bits per heavy atom. The number of nitrogens with zero attached hydrogens (tertiary/aromatic N) is 2. The van der Waals surface area contributed by atoms with Crippen molar-refractivity contribution in [2.45, 2.75) is 5.41 Å². The van der Waals surface area contributed by atoms with Crippen molar-refractivity contribution in [2.75, 3.05) is 9.80 Å². The Balaban J connectivity index is 1.22. The molecule has 0 aromatic heterocycles. The van der Waals surface area contributed by atoms with Crippen LogP contribution in [0.25, 0.3) is 22.3 Å². The molecule has 2 aliphatic rings. The second-order valence-corrected chi connectivity index (χ2v) is 13.3. The van der Waals surface area contributed by atoms with Gasteiger partial charge in [-0.25, -0.2) is 0 Å². The molecule has 0 fully saturated rings. The Labute approximate surface area is 299 Å². The lowest BCUT2D eigenvalue weighted by Crippen LogP contribution is -2.36. The Morgan fingerprint density at radius 1 is 0.333 bits per heavy atom. The summed E-state index contributed by atoms with van der Waals surface area (Å²) >= 11 is 0. The minimum absolute atomic E-state index is 0.456. The number of para-hydroxylation sites is 4. The van der Waals surface area contributed by atoms with Gasteiger partial charge in [-0.3, -0.25) is 0 Å². The normalized spacial score (nSPS) is 13.2. The van der Waals surface area contributed by atoms with Gasteiger partial charge in [0, 0.05) is 22.7 Å². The van der Waals surface area contributed by atoms with Gasteiger partial charge in [0.25, 0.3) is 0 Å². The molecule has 51 heavy (non-hydrogen) atoms. The van der Waals surface area contributed by atoms with Gasteiger partial charge in [0.2, 0.25) is 0 Å². The average molecular weight is 651 g/mol. The van der Waals surface area contributed by atoms with Crippen molar-refractivity contribution in [3.05, 3.63) is 229 Å². The molecule has 0 saturated carbocycles. The smallest absolute Gasteiger partial charge is 0.0754 e. The molecule has 2 nitrogen and oxygen atoms in total. The predicted molar refractivity (Wildman–Crippen MR) is 212 cm³/mol. The van der Waals surface area contributed by atoms with Crippen molar-refractivity contribution in [3.8, 4) is 22.3 Å². The highest BCUT2D eigenvalue weighted by molar-refractivity contribution is 5.97. The monoisotopic (exact) mass is 650 g/mol. The van der Waals surface area contributed by atoms with E-state index in [-0.39, 0.29) is 0 Å². The van der Waals surface area contributed by atoms with Crippen LogP contribution in [0, 0.1) is 0 Å². The Bertz CT molecular complexity index is 2450. The third kappa shape index (κ3) is 4.43. The molecule has 0 radical (unpaired) electrons. The van der Waals surface area contributed by atoms with Crippen molar-refractivity contribution in [1.29, 1.82) is 0 Å². The summed E-state index contributed by atoms with van der Waals surface area (Å²) in [6.45, 7) is 0. The van der Waals surface area contributed by atoms with Crippen molar-refractivity contribution in [3.63, 3.8) is 0 Å². The number of anilines is 6. The van der Waals surface area contributed by atoms with Crippen LogP contribution < -0.4 is 9.80 Å². The van der Waals surface area contributed by atoms with E-state index in [1.165, 1.54) is 55.9 Å². The van der Waals surface area contributed by atoms with Crippen LogP contribution in [0.3, 0.4) is 0 Å². The number of hydrogen-bond acceptors (Lipinski definition) is 2. The van der Waals surface area contributed by atoms with Gasteiger partial charge >= 0.3 is 0 Å². The SMILES string of the molecule is c1ccc(N(c2ccccc2)c2cccc(-c3ccc4c(c3)N(c3ccccc3)c3ccccc3C43c4ccccc4-c4ccccc43)c2)cc1. The number of hydrogen-bond donors (Lipinski definition) is 0. The van der Waals surface area contributed by atoms with Gasteiger partial charge < -0.3 is 9.80 Å². The maximum atomic E-state index is 2.47. The zero-order valence-electron chi connectivity index (χ0n) is 28.0. The first-order valence-electron chi connectivity index (χ1n) is 17.6. The highest BCUT2D eigenvalue weighted by Gasteiger charge is 2.51. The molecule has 0 amide bonds. The molecule has 240 valence electrons. The molecule has 2 heteroatoms. The summed E-state index contributed by atoms with van der Waals surface area (Å²) in [7, 11) is 0. The molecular formula is C49H34N2. The summed E-state index contributed by atoms with van der Waals surface area (Å²) in [5.74, 6) is 0. The van der Waals surface area contributed by atoms with Gasteiger partial charge in [0.05, 0.1) is 16.8 Å². The molecule has 1 aliphatic carbocycles. The summed E-state index contributed by atoms with van der Waals surface area (Å²) in [5.41, 5.74) is 16.7. The van der Waals surface area contributed by atoms with E-state index in [9.17, 15) is 0 Å². The Hall–Kier alpha value is -6.64. The molecule has 0 atom stereocenters. The summed E-state index contributed by atoms with van der Waals surface area (Å²) in [6.07, 6.45) is 0. The zero-order valence-corrected chi connectivity index (χ0v) is 28.0. The van der Waals surface area contributed by atoms with Crippen LogP contribution >= 0.6 is 0 Å². The van der Waals surface area contributed by atoms with Crippen molar-refractivity contribution < 1.29 is 0 Å². The van der Waals surface area contributed by atoms with Crippen LogP contribution in [-0.2, 0) is 5.41 Å². The van der Waals surface area contributed by atoms with Gasteiger partial charge in [-0.05, 0) is 105 Å². The van der Waals surface area contributed by atoms with E-state index in [2.05, 4.69) is 216 Å². The lowest BCUT2D eigenvalue weighted by Gasteiger charge is -2.45. The van der Waals surface area contributed by atoms with Crippen molar-refractivity contribution in [2.24, 2.45) is 0 Å². The first-order chi connectivity index (χ1) is 25.3. The highest BCUT2D eigenvalue weighted by atomic mass is 15.2. The molecule has 8 aromatic carbocycles. The van der Waals surface area contributed by atoms with Gasteiger partial charge in [-0.2, -0.15) is 0 Å². The standard InChI is InChI=1S/C49H34N2/c1-4-18-37(19-5-1)50(38-20-6-2-7-21-38)40-24-16-17-35(33-40)36-31-32-46-48(34-36)51(39-22-8-3-9-23-39)47-30-15-14-29-45(47)49(46)43-27-12-10-25-41(43)42-26-11-13-28-44(42)49/h1-34H. The minimum Gasteiger partial charge on any atom is -0.310 e. The molecule has 0 saturated heterocycles. The third-order valence-electron chi connectivity index (χ3n) is 10.6. The van der Waals surface area contributed by atoms with E-state index in [0.717, 1.165) is 22.7 Å². The van der Waals surface area contributed by atoms with Crippen LogP contribution in [0.2, 0.25) is 0 Å². The largest absolute Gasteiger partial charge is 0.310 e. The maximum Gasteiger partial charge on any atom is 0.0754 e. The average Bonchev–Trinajstić information content (AvgIpc) is 3.50. The van der Waals surface area contributed by atoms with Crippen LogP contribution in [0.1, 0.15) is 22.3 Å². The Kier molecular flexibility index (Phi) is 6.75. The molecule has 10 rings (SSSR count). The molecular weight excluding hydrogens is 617 g/mol. The van der Waals surface area contributed by atoms with E-state index in [4.69, 9.17) is 0 Å². The summed E-state index contributed by atoms with van der Waals surface area (Å²) in [6, 6.07) is 75.1. The van der Waals surface area contributed by atoms with Gasteiger partial charge in [-0.1, -0.05) is 146 Å². The van der Waals surface area contributed by atoms with Crippen molar-refractivity contribution in [1.82, 2.24) is 0 Å². The van der Waals surface area contributed by atoms with E-state index < -0.39 is 5.41 Å². The molecule has 0 N–H and O–H groups in total. The first-order valence-corrected chi connectivity index (χ1v) is 17.6. The molecule has 1 spiro atoms.